The van der Waals surface area contributed by atoms with Crippen LogP contribution in [0.25, 0.3) is 5.13 Å². The van der Waals surface area contributed by atoms with Crippen LogP contribution in [0.5, 0.6) is 0 Å². The summed E-state index contributed by atoms with van der Waals surface area (Å²) < 4.78 is 1.46. The second kappa shape index (κ2) is 6.93. The summed E-state index contributed by atoms with van der Waals surface area (Å²) in [7, 11) is 0. The van der Waals surface area contributed by atoms with Crippen molar-refractivity contribution in [2.45, 2.75) is 52.9 Å². The fourth-order valence-electron chi connectivity index (χ4n) is 3.06. The molecule has 2 aromatic heterocycles. The average Bonchev–Trinajstić information content (AvgIpc) is 2.89. The maximum absolute atomic E-state index is 12.7. The minimum Gasteiger partial charge on any atom is -0.342 e. The zero-order valence-electron chi connectivity index (χ0n) is 14.5. The molecule has 0 atom stereocenters. The Morgan fingerprint density at radius 2 is 1.83 bits per heavy atom. The van der Waals surface area contributed by atoms with Crippen molar-refractivity contribution in [3.8, 4) is 5.13 Å². The van der Waals surface area contributed by atoms with Crippen LogP contribution in [-0.2, 0) is 11.2 Å². The molecule has 130 valence electrons. The molecule has 3 heterocycles. The third-order valence-electron chi connectivity index (χ3n) is 4.69. The maximum Gasteiger partial charge on any atom is 0.277 e. The molecule has 1 saturated heterocycles. The normalized spacial score (nSPS) is 15.5. The highest BCUT2D eigenvalue weighted by atomic mass is 32.1. The topological polar surface area (TPSA) is 71.0 Å². The predicted molar refractivity (Wildman–Crippen MR) is 95.0 cm³/mol. The molecule has 1 N–H and O–H groups in total. The van der Waals surface area contributed by atoms with E-state index in [0.717, 1.165) is 42.2 Å². The number of amides is 1. The summed E-state index contributed by atoms with van der Waals surface area (Å²) in [5, 5.41) is 3.70. The van der Waals surface area contributed by atoms with Gasteiger partial charge in [0.05, 0.1) is 12.1 Å². The van der Waals surface area contributed by atoms with Gasteiger partial charge in [0.2, 0.25) is 11.0 Å². The van der Waals surface area contributed by atoms with Crippen LogP contribution in [0.4, 0.5) is 0 Å². The van der Waals surface area contributed by atoms with Crippen LogP contribution >= 0.6 is 11.3 Å². The molecule has 2 aromatic rings. The van der Waals surface area contributed by atoms with E-state index in [1.807, 2.05) is 25.7 Å². The van der Waals surface area contributed by atoms with Crippen LogP contribution in [0.3, 0.4) is 0 Å². The quantitative estimate of drug-likeness (QED) is 0.926. The number of rotatable bonds is 3. The zero-order chi connectivity index (χ0) is 17.3. The number of carbonyl (C=O) groups excluding carboxylic acids is 1. The highest BCUT2D eigenvalue weighted by molar-refractivity contribution is 7.14. The molecule has 1 aliphatic rings. The fraction of sp³-hybridized carbons (Fsp3) is 0.588. The number of nitrogens with one attached hydrogen (secondary N) is 1. The van der Waals surface area contributed by atoms with Crippen molar-refractivity contribution < 1.29 is 4.79 Å². The standard InChI is InChI=1S/C17H24N4O2S/c1-11-13(3)24-17(18-11)21-16(23)14(12(2)19-21)10-15(22)20-8-6-4-5-7-9-20/h19H,4-10H2,1-3H3. The van der Waals surface area contributed by atoms with E-state index in [-0.39, 0.29) is 17.9 Å². The van der Waals surface area contributed by atoms with Gasteiger partial charge in [-0.2, -0.15) is 4.68 Å². The molecule has 0 spiro atoms. The van der Waals surface area contributed by atoms with E-state index in [2.05, 4.69) is 10.1 Å². The van der Waals surface area contributed by atoms with Gasteiger partial charge >= 0.3 is 0 Å². The Balaban J connectivity index is 1.84. The van der Waals surface area contributed by atoms with Crippen LogP contribution < -0.4 is 5.56 Å². The third kappa shape index (κ3) is 3.31. The summed E-state index contributed by atoms with van der Waals surface area (Å²) in [6.07, 6.45) is 4.64. The first kappa shape index (κ1) is 17.0. The molecule has 3 rings (SSSR count). The van der Waals surface area contributed by atoms with Gasteiger partial charge in [-0.25, -0.2) is 4.98 Å². The average molecular weight is 348 g/mol. The van der Waals surface area contributed by atoms with Gasteiger partial charge in [-0.15, -0.1) is 0 Å². The van der Waals surface area contributed by atoms with E-state index in [4.69, 9.17) is 0 Å². The monoisotopic (exact) mass is 348 g/mol. The lowest BCUT2D eigenvalue weighted by Gasteiger charge is -2.19. The molecule has 1 amide bonds. The van der Waals surface area contributed by atoms with Gasteiger partial charge in [0.25, 0.3) is 5.56 Å². The van der Waals surface area contributed by atoms with Crippen molar-refractivity contribution in [2.75, 3.05) is 13.1 Å². The van der Waals surface area contributed by atoms with E-state index in [1.165, 1.54) is 28.9 Å². The summed E-state index contributed by atoms with van der Waals surface area (Å²) >= 11 is 1.48. The van der Waals surface area contributed by atoms with E-state index >= 15 is 0 Å². The van der Waals surface area contributed by atoms with Crippen molar-refractivity contribution in [2.24, 2.45) is 0 Å². The molecular formula is C17H24N4O2S. The van der Waals surface area contributed by atoms with Gasteiger partial charge in [0.1, 0.15) is 0 Å². The Kier molecular flexibility index (Phi) is 4.89. The molecule has 1 fully saturated rings. The highest BCUT2D eigenvalue weighted by Crippen LogP contribution is 2.19. The number of aromatic nitrogens is 3. The van der Waals surface area contributed by atoms with Crippen LogP contribution in [0, 0.1) is 20.8 Å². The smallest absolute Gasteiger partial charge is 0.277 e. The summed E-state index contributed by atoms with van der Waals surface area (Å²) in [6.45, 7) is 7.38. The molecule has 0 radical (unpaired) electrons. The molecule has 1 aliphatic heterocycles. The largest absolute Gasteiger partial charge is 0.342 e. The minimum atomic E-state index is -0.163. The van der Waals surface area contributed by atoms with Crippen molar-refractivity contribution in [3.05, 3.63) is 32.2 Å². The van der Waals surface area contributed by atoms with Crippen LogP contribution in [0.1, 0.15) is 47.5 Å². The molecule has 24 heavy (non-hydrogen) atoms. The number of hydrogen-bond acceptors (Lipinski definition) is 4. The number of aromatic amines is 1. The third-order valence-corrected chi connectivity index (χ3v) is 5.75. The van der Waals surface area contributed by atoms with Gasteiger partial charge in [-0.3, -0.25) is 14.7 Å². The van der Waals surface area contributed by atoms with Crippen LogP contribution in [0.15, 0.2) is 4.79 Å². The summed E-state index contributed by atoms with van der Waals surface area (Å²) in [4.78, 5) is 32.7. The lowest BCUT2D eigenvalue weighted by Crippen LogP contribution is -2.34. The Hall–Kier alpha value is -1.89. The molecule has 0 aliphatic carbocycles. The van der Waals surface area contributed by atoms with Crippen molar-refractivity contribution in [1.82, 2.24) is 19.7 Å². The number of H-pyrrole nitrogens is 1. The number of carbonyl (C=O) groups is 1. The molecule has 0 unspecified atom stereocenters. The zero-order valence-corrected chi connectivity index (χ0v) is 15.3. The summed E-state index contributed by atoms with van der Waals surface area (Å²) in [5.74, 6) is 0.0507. The van der Waals surface area contributed by atoms with Gasteiger partial charge in [-0.1, -0.05) is 24.2 Å². The number of likely N-dealkylation sites (tertiary alicyclic amines) is 1. The lowest BCUT2D eigenvalue weighted by atomic mass is 10.1. The van der Waals surface area contributed by atoms with Gasteiger partial charge in [0, 0.05) is 29.2 Å². The van der Waals surface area contributed by atoms with E-state index in [1.54, 1.807) is 0 Å². The Morgan fingerprint density at radius 1 is 1.17 bits per heavy atom. The Labute approximate surface area is 145 Å². The Bertz CT molecular complexity index is 775. The molecule has 0 aromatic carbocycles. The molecule has 0 saturated carbocycles. The first-order valence-electron chi connectivity index (χ1n) is 8.50. The van der Waals surface area contributed by atoms with Gasteiger partial charge < -0.3 is 4.90 Å². The van der Waals surface area contributed by atoms with Crippen molar-refractivity contribution in [3.63, 3.8) is 0 Å². The van der Waals surface area contributed by atoms with Crippen molar-refractivity contribution >= 4 is 17.2 Å². The highest BCUT2D eigenvalue weighted by Gasteiger charge is 2.21. The molecule has 6 nitrogen and oxygen atoms in total. The van der Waals surface area contributed by atoms with E-state index < -0.39 is 0 Å². The molecule has 7 heteroatoms. The van der Waals surface area contributed by atoms with Crippen LogP contribution in [0.2, 0.25) is 0 Å². The number of aryl methyl sites for hydroxylation is 3. The summed E-state index contributed by atoms with van der Waals surface area (Å²) in [5.41, 5.74) is 2.06. The molecule has 0 bridgehead atoms. The maximum atomic E-state index is 12.7. The van der Waals surface area contributed by atoms with Crippen LogP contribution in [-0.4, -0.2) is 38.7 Å². The number of hydrogen-bond donors (Lipinski definition) is 1. The second-order valence-corrected chi connectivity index (χ2v) is 7.65. The van der Waals surface area contributed by atoms with Gasteiger partial charge in [0.15, 0.2) is 0 Å². The summed E-state index contributed by atoms with van der Waals surface area (Å²) in [6, 6.07) is 0. The van der Waals surface area contributed by atoms with E-state index in [9.17, 15) is 9.59 Å². The minimum absolute atomic E-state index is 0.0507. The van der Waals surface area contributed by atoms with E-state index in [0.29, 0.717) is 10.7 Å². The Morgan fingerprint density at radius 3 is 2.42 bits per heavy atom. The van der Waals surface area contributed by atoms with Crippen molar-refractivity contribution in [1.29, 1.82) is 0 Å². The number of thiazole rings is 1. The second-order valence-electron chi connectivity index (χ2n) is 6.47. The molecular weight excluding hydrogens is 324 g/mol. The first-order chi connectivity index (χ1) is 11.5. The fourth-order valence-corrected chi connectivity index (χ4v) is 3.93. The van der Waals surface area contributed by atoms with Gasteiger partial charge in [-0.05, 0) is 33.6 Å². The predicted octanol–water partition coefficient (Wildman–Crippen LogP) is 2.49. The lowest BCUT2D eigenvalue weighted by molar-refractivity contribution is -0.130. The SMILES string of the molecule is Cc1nc(-n2[nH]c(C)c(CC(=O)N3CCCCCC3)c2=O)sc1C. The number of nitrogens with zero attached hydrogens (tertiary/aromatic N) is 3. The first-order valence-corrected chi connectivity index (χ1v) is 9.31.